The number of aromatic amines is 1. The summed E-state index contributed by atoms with van der Waals surface area (Å²) >= 11 is 0. The lowest BCUT2D eigenvalue weighted by Gasteiger charge is -2.14. The van der Waals surface area contributed by atoms with E-state index in [-0.39, 0.29) is 18.9 Å². The van der Waals surface area contributed by atoms with Crippen LogP contribution in [0.2, 0.25) is 0 Å². The number of rotatable bonds is 3. The normalized spacial score (nSPS) is 24.8. The summed E-state index contributed by atoms with van der Waals surface area (Å²) < 4.78 is 6.96. The van der Waals surface area contributed by atoms with Crippen molar-refractivity contribution in [2.75, 3.05) is 6.61 Å². The van der Waals surface area contributed by atoms with Gasteiger partial charge in [0.1, 0.15) is 6.23 Å². The van der Waals surface area contributed by atoms with Crippen LogP contribution in [0.15, 0.2) is 21.9 Å². The van der Waals surface area contributed by atoms with Crippen LogP contribution in [-0.4, -0.2) is 27.4 Å². The van der Waals surface area contributed by atoms with E-state index < -0.39 is 11.2 Å². The highest BCUT2D eigenvalue weighted by molar-refractivity contribution is 4.85. The Morgan fingerprint density at radius 3 is 3.00 bits per heavy atom. The largest absolute Gasteiger partial charge is 0.396 e. The molecule has 0 aliphatic carbocycles. The van der Waals surface area contributed by atoms with E-state index in [1.54, 1.807) is 0 Å². The van der Waals surface area contributed by atoms with Crippen molar-refractivity contribution in [1.82, 2.24) is 9.55 Å². The fourth-order valence-corrected chi connectivity index (χ4v) is 1.90. The van der Waals surface area contributed by atoms with E-state index in [1.807, 2.05) is 0 Å². The first kappa shape index (κ1) is 11.1. The molecule has 1 aliphatic heterocycles. The molecule has 16 heavy (non-hydrogen) atoms. The van der Waals surface area contributed by atoms with Crippen LogP contribution in [0.4, 0.5) is 0 Å². The Hall–Kier alpha value is -1.40. The topological polar surface area (TPSA) is 84.3 Å². The minimum Gasteiger partial charge on any atom is -0.396 e. The standard InChI is InChI=1S/C10H14N2O4/c13-6-4-7-1-2-9(16-7)12-5-3-8(14)11-10(12)15/h3,5,7,9,13H,1-2,4,6H2,(H,11,14,15)/t7-,9?/m0/s1. The van der Waals surface area contributed by atoms with Gasteiger partial charge in [-0.05, 0) is 19.3 Å². The molecule has 1 fully saturated rings. The quantitative estimate of drug-likeness (QED) is 0.734. The summed E-state index contributed by atoms with van der Waals surface area (Å²) in [6.07, 6.45) is 3.21. The molecule has 2 rings (SSSR count). The molecule has 88 valence electrons. The van der Waals surface area contributed by atoms with Gasteiger partial charge in [0.2, 0.25) is 0 Å². The van der Waals surface area contributed by atoms with Crippen LogP contribution in [0.25, 0.3) is 0 Å². The van der Waals surface area contributed by atoms with Gasteiger partial charge in [0.05, 0.1) is 6.10 Å². The molecule has 1 aromatic rings. The van der Waals surface area contributed by atoms with Gasteiger partial charge >= 0.3 is 5.69 Å². The summed E-state index contributed by atoms with van der Waals surface area (Å²) in [6.45, 7) is 0.0813. The molecule has 0 aromatic carbocycles. The third-order valence-electron chi connectivity index (χ3n) is 2.70. The van der Waals surface area contributed by atoms with E-state index >= 15 is 0 Å². The molecule has 1 aliphatic rings. The highest BCUT2D eigenvalue weighted by atomic mass is 16.5. The zero-order valence-corrected chi connectivity index (χ0v) is 8.76. The van der Waals surface area contributed by atoms with Gasteiger partial charge < -0.3 is 9.84 Å². The Morgan fingerprint density at radius 1 is 1.50 bits per heavy atom. The number of hydrogen-bond acceptors (Lipinski definition) is 4. The van der Waals surface area contributed by atoms with Crippen molar-refractivity contribution in [3.63, 3.8) is 0 Å². The maximum Gasteiger partial charge on any atom is 0.330 e. The van der Waals surface area contributed by atoms with Gasteiger partial charge in [0.25, 0.3) is 5.56 Å². The minimum absolute atomic E-state index is 0.00571. The second kappa shape index (κ2) is 4.63. The van der Waals surface area contributed by atoms with Crippen molar-refractivity contribution in [3.8, 4) is 0 Å². The van der Waals surface area contributed by atoms with E-state index in [2.05, 4.69) is 4.98 Å². The van der Waals surface area contributed by atoms with Gasteiger partial charge in [-0.15, -0.1) is 0 Å². The molecule has 6 nitrogen and oxygen atoms in total. The molecule has 1 saturated heterocycles. The van der Waals surface area contributed by atoms with E-state index in [0.29, 0.717) is 6.42 Å². The molecule has 2 heterocycles. The van der Waals surface area contributed by atoms with Crippen LogP contribution in [0.5, 0.6) is 0 Å². The first-order chi connectivity index (χ1) is 7.70. The maximum absolute atomic E-state index is 11.5. The second-order valence-corrected chi connectivity index (χ2v) is 3.82. The van der Waals surface area contributed by atoms with Crippen molar-refractivity contribution >= 4 is 0 Å². The van der Waals surface area contributed by atoms with Crippen LogP contribution in [-0.2, 0) is 4.74 Å². The second-order valence-electron chi connectivity index (χ2n) is 3.82. The van der Waals surface area contributed by atoms with Gasteiger partial charge in [-0.3, -0.25) is 14.3 Å². The van der Waals surface area contributed by atoms with Crippen LogP contribution in [0, 0.1) is 0 Å². The number of aliphatic hydroxyl groups is 1. The fraction of sp³-hybridized carbons (Fsp3) is 0.600. The SMILES string of the molecule is O=c1ccn(C2CC[C@@H](CCO)O2)c(=O)[nH]1. The zero-order chi connectivity index (χ0) is 11.5. The molecular weight excluding hydrogens is 212 g/mol. The van der Waals surface area contributed by atoms with Crippen molar-refractivity contribution in [3.05, 3.63) is 33.1 Å². The third-order valence-corrected chi connectivity index (χ3v) is 2.70. The van der Waals surface area contributed by atoms with E-state index in [4.69, 9.17) is 9.84 Å². The Bertz CT molecular complexity index is 464. The number of H-pyrrole nitrogens is 1. The van der Waals surface area contributed by atoms with Gasteiger partial charge in [-0.1, -0.05) is 0 Å². The number of aromatic nitrogens is 2. The lowest BCUT2D eigenvalue weighted by molar-refractivity contribution is -0.0102. The van der Waals surface area contributed by atoms with Crippen molar-refractivity contribution in [2.45, 2.75) is 31.6 Å². The Morgan fingerprint density at radius 2 is 2.31 bits per heavy atom. The highest BCUT2D eigenvalue weighted by Crippen LogP contribution is 2.28. The summed E-state index contributed by atoms with van der Waals surface area (Å²) in [6, 6.07) is 1.30. The highest BCUT2D eigenvalue weighted by Gasteiger charge is 2.26. The Labute approximate surface area is 91.5 Å². The van der Waals surface area contributed by atoms with Crippen molar-refractivity contribution < 1.29 is 9.84 Å². The summed E-state index contributed by atoms with van der Waals surface area (Å²) in [5.41, 5.74) is -0.867. The van der Waals surface area contributed by atoms with Gasteiger partial charge in [0.15, 0.2) is 0 Å². The number of aliphatic hydroxyl groups excluding tert-OH is 1. The summed E-state index contributed by atoms with van der Waals surface area (Å²) in [5.74, 6) is 0. The predicted octanol–water partition coefficient (Wildman–Crippen LogP) is -0.403. The molecule has 2 N–H and O–H groups in total. The van der Waals surface area contributed by atoms with Crippen molar-refractivity contribution in [2.24, 2.45) is 0 Å². The first-order valence-corrected chi connectivity index (χ1v) is 5.28. The fourth-order valence-electron chi connectivity index (χ4n) is 1.90. The van der Waals surface area contributed by atoms with Gasteiger partial charge in [0, 0.05) is 18.9 Å². The average molecular weight is 226 g/mol. The van der Waals surface area contributed by atoms with E-state index in [1.165, 1.54) is 16.8 Å². The molecule has 1 unspecified atom stereocenters. The summed E-state index contributed by atoms with van der Waals surface area (Å²) in [5, 5.41) is 8.78. The number of nitrogens with one attached hydrogen (secondary N) is 1. The van der Waals surface area contributed by atoms with Crippen LogP contribution in [0.3, 0.4) is 0 Å². The van der Waals surface area contributed by atoms with Gasteiger partial charge in [-0.2, -0.15) is 0 Å². The number of nitrogens with zero attached hydrogens (tertiary/aromatic N) is 1. The summed E-state index contributed by atoms with van der Waals surface area (Å²) in [4.78, 5) is 24.5. The molecule has 0 bridgehead atoms. The smallest absolute Gasteiger partial charge is 0.330 e. The molecule has 6 heteroatoms. The number of hydrogen-bond donors (Lipinski definition) is 2. The van der Waals surface area contributed by atoms with E-state index in [0.717, 1.165) is 12.8 Å². The number of ether oxygens (including phenoxy) is 1. The minimum atomic E-state index is -0.456. The van der Waals surface area contributed by atoms with Gasteiger partial charge in [-0.25, -0.2) is 4.79 Å². The zero-order valence-electron chi connectivity index (χ0n) is 8.76. The predicted molar refractivity (Wildman–Crippen MR) is 56.2 cm³/mol. The molecular formula is C10H14N2O4. The van der Waals surface area contributed by atoms with Crippen LogP contribution < -0.4 is 11.2 Å². The molecule has 1 aromatic heterocycles. The molecule has 0 radical (unpaired) electrons. The Balaban J connectivity index is 2.14. The average Bonchev–Trinajstić information content (AvgIpc) is 2.67. The molecule has 0 saturated carbocycles. The lowest BCUT2D eigenvalue weighted by Crippen LogP contribution is -2.31. The first-order valence-electron chi connectivity index (χ1n) is 5.28. The third kappa shape index (κ3) is 2.23. The van der Waals surface area contributed by atoms with Crippen molar-refractivity contribution in [1.29, 1.82) is 0 Å². The Kier molecular flexibility index (Phi) is 3.21. The lowest BCUT2D eigenvalue weighted by atomic mass is 10.2. The molecule has 0 amide bonds. The maximum atomic E-state index is 11.5. The summed E-state index contributed by atoms with van der Waals surface area (Å²) in [7, 11) is 0. The molecule has 2 atom stereocenters. The van der Waals surface area contributed by atoms with E-state index in [9.17, 15) is 9.59 Å². The monoisotopic (exact) mass is 226 g/mol. The van der Waals surface area contributed by atoms with Crippen LogP contribution >= 0.6 is 0 Å². The molecule has 0 spiro atoms. The van der Waals surface area contributed by atoms with Crippen LogP contribution in [0.1, 0.15) is 25.5 Å².